The molecule has 0 unspecified atom stereocenters. The van der Waals surface area contributed by atoms with E-state index in [9.17, 15) is 0 Å². The largest absolute Gasteiger partial charge is 0.543 e. The third-order valence-electron chi connectivity index (χ3n) is 1.60. The molecule has 0 bridgehead atoms. The lowest BCUT2D eigenvalue weighted by Gasteiger charge is -2.21. The van der Waals surface area contributed by atoms with E-state index >= 15 is 0 Å². The topological polar surface area (TPSA) is 9.23 Å². The summed E-state index contributed by atoms with van der Waals surface area (Å²) >= 11 is 11.9. The van der Waals surface area contributed by atoms with E-state index in [1.54, 1.807) is 6.07 Å². The van der Waals surface area contributed by atoms with Crippen molar-refractivity contribution in [3.8, 4) is 5.75 Å². The second-order valence-electron chi connectivity index (χ2n) is 4.25. The van der Waals surface area contributed by atoms with Crippen LogP contribution < -0.4 is 4.43 Å². The Bertz CT molecular complexity index is 321. The molecule has 0 radical (unpaired) electrons. The van der Waals surface area contributed by atoms with Gasteiger partial charge in [0.2, 0.25) is 8.32 Å². The standard InChI is InChI=1S/C10H14Cl2OSi/c1-7-5-8(11)6-9(12)10(7)13-14(2,3)4/h5-6H,1-4H3. The Balaban J connectivity index is 3.09. The van der Waals surface area contributed by atoms with Crippen LogP contribution in [0.4, 0.5) is 0 Å². The average Bonchev–Trinajstić information content (AvgIpc) is 1.95. The van der Waals surface area contributed by atoms with Crippen LogP contribution in [0.5, 0.6) is 5.75 Å². The normalized spacial score (nSPS) is 11.6. The van der Waals surface area contributed by atoms with Crippen molar-refractivity contribution in [3.63, 3.8) is 0 Å². The highest BCUT2D eigenvalue weighted by Gasteiger charge is 2.19. The molecule has 1 rings (SSSR count). The summed E-state index contributed by atoms with van der Waals surface area (Å²) in [4.78, 5) is 0. The van der Waals surface area contributed by atoms with Crippen LogP contribution >= 0.6 is 23.2 Å². The molecular weight excluding hydrogens is 235 g/mol. The van der Waals surface area contributed by atoms with Gasteiger partial charge in [0.15, 0.2) is 0 Å². The van der Waals surface area contributed by atoms with Gasteiger partial charge >= 0.3 is 0 Å². The number of benzene rings is 1. The van der Waals surface area contributed by atoms with Crippen LogP contribution in [0.25, 0.3) is 0 Å². The number of halogens is 2. The zero-order valence-electron chi connectivity index (χ0n) is 8.82. The van der Waals surface area contributed by atoms with Crippen LogP contribution in [0.3, 0.4) is 0 Å². The number of aryl methyl sites for hydroxylation is 1. The van der Waals surface area contributed by atoms with Crippen LogP contribution in [0.1, 0.15) is 5.56 Å². The summed E-state index contributed by atoms with van der Waals surface area (Å²) in [7, 11) is -1.61. The van der Waals surface area contributed by atoms with Gasteiger partial charge in [-0.3, -0.25) is 0 Å². The summed E-state index contributed by atoms with van der Waals surface area (Å²) in [6.07, 6.45) is 0. The monoisotopic (exact) mass is 248 g/mol. The van der Waals surface area contributed by atoms with Crippen molar-refractivity contribution < 1.29 is 4.43 Å². The molecule has 0 N–H and O–H groups in total. The molecule has 0 fully saturated rings. The van der Waals surface area contributed by atoms with E-state index in [0.717, 1.165) is 11.3 Å². The van der Waals surface area contributed by atoms with Crippen LogP contribution in [0.2, 0.25) is 29.7 Å². The first-order valence-corrected chi connectivity index (χ1v) is 8.61. The fraction of sp³-hybridized carbons (Fsp3) is 0.400. The molecule has 1 nitrogen and oxygen atoms in total. The fourth-order valence-electron chi connectivity index (χ4n) is 1.12. The lowest BCUT2D eigenvalue weighted by Crippen LogP contribution is -2.29. The van der Waals surface area contributed by atoms with Crippen LogP contribution in [-0.4, -0.2) is 8.32 Å². The molecule has 0 heterocycles. The smallest absolute Gasteiger partial charge is 0.242 e. The summed E-state index contributed by atoms with van der Waals surface area (Å²) in [6, 6.07) is 3.58. The minimum Gasteiger partial charge on any atom is -0.543 e. The zero-order valence-corrected chi connectivity index (χ0v) is 11.3. The third kappa shape index (κ3) is 3.19. The summed E-state index contributed by atoms with van der Waals surface area (Å²) in [6.45, 7) is 8.32. The molecule has 1 aromatic carbocycles. The van der Waals surface area contributed by atoms with Gasteiger partial charge in [-0.05, 0) is 44.3 Å². The quantitative estimate of drug-likeness (QED) is 0.700. The average molecular weight is 249 g/mol. The van der Waals surface area contributed by atoms with Crippen LogP contribution in [0, 0.1) is 6.92 Å². The first-order valence-electron chi connectivity index (χ1n) is 4.44. The van der Waals surface area contributed by atoms with E-state index in [2.05, 4.69) is 19.6 Å². The highest BCUT2D eigenvalue weighted by Crippen LogP contribution is 2.33. The second kappa shape index (κ2) is 4.13. The first kappa shape index (κ1) is 11.9. The highest BCUT2D eigenvalue weighted by atomic mass is 35.5. The summed E-state index contributed by atoms with van der Waals surface area (Å²) < 4.78 is 5.87. The SMILES string of the molecule is Cc1cc(Cl)cc(Cl)c1O[Si](C)(C)C. The maximum Gasteiger partial charge on any atom is 0.242 e. The van der Waals surface area contributed by atoms with Crippen molar-refractivity contribution in [2.45, 2.75) is 26.6 Å². The van der Waals surface area contributed by atoms with Crippen molar-refractivity contribution in [3.05, 3.63) is 27.7 Å². The Morgan fingerprint density at radius 3 is 2.14 bits per heavy atom. The van der Waals surface area contributed by atoms with E-state index in [4.69, 9.17) is 27.6 Å². The van der Waals surface area contributed by atoms with Gasteiger partial charge in [0, 0.05) is 5.02 Å². The molecule has 14 heavy (non-hydrogen) atoms. The maximum atomic E-state index is 6.05. The second-order valence-corrected chi connectivity index (χ2v) is 9.52. The minimum atomic E-state index is -1.61. The van der Waals surface area contributed by atoms with Gasteiger partial charge in [-0.1, -0.05) is 23.2 Å². The molecule has 4 heteroatoms. The lowest BCUT2D eigenvalue weighted by molar-refractivity contribution is 0.553. The van der Waals surface area contributed by atoms with E-state index in [1.807, 2.05) is 13.0 Å². The summed E-state index contributed by atoms with van der Waals surface area (Å²) in [5.41, 5.74) is 0.991. The van der Waals surface area contributed by atoms with E-state index in [0.29, 0.717) is 10.0 Å². The molecule has 0 aliphatic heterocycles. The number of hydrogen-bond acceptors (Lipinski definition) is 1. The lowest BCUT2D eigenvalue weighted by atomic mass is 10.2. The van der Waals surface area contributed by atoms with Gasteiger partial charge in [-0.15, -0.1) is 0 Å². The van der Waals surface area contributed by atoms with E-state index in [1.165, 1.54) is 0 Å². The molecule has 78 valence electrons. The fourth-order valence-corrected chi connectivity index (χ4v) is 2.71. The highest BCUT2D eigenvalue weighted by molar-refractivity contribution is 6.70. The summed E-state index contributed by atoms with van der Waals surface area (Å²) in [5.74, 6) is 0.773. The summed E-state index contributed by atoms with van der Waals surface area (Å²) in [5, 5.41) is 1.24. The van der Waals surface area contributed by atoms with Crippen molar-refractivity contribution in [2.24, 2.45) is 0 Å². The van der Waals surface area contributed by atoms with Gasteiger partial charge in [-0.25, -0.2) is 0 Å². The molecule has 0 spiro atoms. The van der Waals surface area contributed by atoms with Gasteiger partial charge in [-0.2, -0.15) is 0 Å². The molecule has 0 aliphatic carbocycles. The third-order valence-corrected chi connectivity index (χ3v) is 2.92. The predicted molar refractivity (Wildman–Crippen MR) is 65.2 cm³/mol. The van der Waals surface area contributed by atoms with Crippen LogP contribution in [0.15, 0.2) is 12.1 Å². The van der Waals surface area contributed by atoms with Crippen molar-refractivity contribution in [1.29, 1.82) is 0 Å². The molecule has 0 aliphatic rings. The Hall–Kier alpha value is -0.183. The molecule has 0 aromatic heterocycles. The van der Waals surface area contributed by atoms with Gasteiger partial charge in [0.05, 0.1) is 5.02 Å². The number of rotatable bonds is 2. The van der Waals surface area contributed by atoms with Gasteiger partial charge < -0.3 is 4.43 Å². The van der Waals surface area contributed by atoms with Crippen molar-refractivity contribution in [1.82, 2.24) is 0 Å². The van der Waals surface area contributed by atoms with Crippen molar-refractivity contribution in [2.75, 3.05) is 0 Å². The molecule has 0 atom stereocenters. The molecular formula is C10H14Cl2OSi. The predicted octanol–water partition coefficient (Wildman–Crippen LogP) is 4.52. The minimum absolute atomic E-state index is 0.595. The van der Waals surface area contributed by atoms with Crippen molar-refractivity contribution >= 4 is 31.5 Å². The van der Waals surface area contributed by atoms with E-state index < -0.39 is 8.32 Å². The van der Waals surface area contributed by atoms with E-state index in [-0.39, 0.29) is 0 Å². The Morgan fingerprint density at radius 2 is 1.71 bits per heavy atom. The maximum absolute atomic E-state index is 6.05. The molecule has 1 aromatic rings. The molecule has 0 amide bonds. The van der Waals surface area contributed by atoms with Gasteiger partial charge in [0.25, 0.3) is 0 Å². The number of hydrogen-bond donors (Lipinski definition) is 0. The zero-order chi connectivity index (χ0) is 10.9. The Kier molecular flexibility index (Phi) is 3.51. The molecule has 0 saturated heterocycles. The Labute approximate surface area is 96.1 Å². The Morgan fingerprint density at radius 1 is 1.14 bits per heavy atom. The molecule has 0 saturated carbocycles. The first-order chi connectivity index (χ1) is 6.29. The van der Waals surface area contributed by atoms with Gasteiger partial charge in [0.1, 0.15) is 5.75 Å². The van der Waals surface area contributed by atoms with Crippen LogP contribution in [-0.2, 0) is 0 Å².